The molecule has 0 radical (unpaired) electrons. The average molecular weight is 439 g/mol. The Morgan fingerprint density at radius 1 is 1.25 bits per heavy atom. The molecular weight excluding hydrogens is 400 g/mol. The van der Waals surface area contributed by atoms with E-state index in [4.69, 9.17) is 15.2 Å². The molecule has 0 saturated carbocycles. The smallest absolute Gasteiger partial charge is 0.137 e. The van der Waals surface area contributed by atoms with Gasteiger partial charge in [0.05, 0.1) is 19.4 Å². The number of benzene rings is 1. The lowest BCUT2D eigenvalue weighted by Gasteiger charge is -2.26. The molecule has 0 amide bonds. The first kappa shape index (κ1) is 25.4. The molecule has 1 aliphatic rings. The monoisotopic (exact) mass is 438 g/mol. The Balaban J connectivity index is 0.00000114. The number of anilines is 1. The minimum absolute atomic E-state index is 0.573. The van der Waals surface area contributed by atoms with E-state index < -0.39 is 0 Å². The van der Waals surface area contributed by atoms with Crippen LogP contribution in [0, 0.1) is 0 Å². The number of hydrogen-bond donors (Lipinski definition) is 2. The zero-order valence-corrected chi connectivity index (χ0v) is 19.8. The van der Waals surface area contributed by atoms with E-state index in [9.17, 15) is 0 Å². The summed E-state index contributed by atoms with van der Waals surface area (Å²) in [4.78, 5) is 6.79. The number of aromatic nitrogens is 1. The van der Waals surface area contributed by atoms with Gasteiger partial charge in [-0.25, -0.2) is 4.98 Å². The van der Waals surface area contributed by atoms with Gasteiger partial charge in [0.15, 0.2) is 0 Å². The quantitative estimate of drug-likeness (QED) is 0.587. The molecular formula is C26H38N4O2. The number of pyridine rings is 1. The molecule has 6 nitrogen and oxygen atoms in total. The van der Waals surface area contributed by atoms with Crippen molar-refractivity contribution in [3.63, 3.8) is 0 Å². The normalized spacial score (nSPS) is 14.0. The number of nitrogens with two attached hydrogens (primary N) is 1. The molecule has 3 rings (SSSR count). The van der Waals surface area contributed by atoms with Crippen molar-refractivity contribution in [2.24, 2.45) is 5.73 Å². The van der Waals surface area contributed by atoms with Crippen LogP contribution in [-0.2, 0) is 11.3 Å². The van der Waals surface area contributed by atoms with Crippen molar-refractivity contribution < 1.29 is 9.47 Å². The summed E-state index contributed by atoms with van der Waals surface area (Å²) in [6, 6.07) is 10.1. The van der Waals surface area contributed by atoms with E-state index in [-0.39, 0.29) is 0 Å². The second kappa shape index (κ2) is 14.3. The van der Waals surface area contributed by atoms with E-state index in [1.165, 1.54) is 6.42 Å². The molecule has 0 unspecified atom stereocenters. The van der Waals surface area contributed by atoms with Crippen molar-refractivity contribution in [3.05, 3.63) is 65.9 Å². The highest BCUT2D eigenvalue weighted by molar-refractivity contribution is 5.71. The minimum atomic E-state index is 0.573. The highest BCUT2D eigenvalue weighted by Crippen LogP contribution is 2.19. The van der Waals surface area contributed by atoms with Crippen molar-refractivity contribution in [1.82, 2.24) is 9.88 Å². The van der Waals surface area contributed by atoms with Crippen LogP contribution in [0.3, 0.4) is 0 Å². The van der Waals surface area contributed by atoms with Crippen molar-refractivity contribution in [3.8, 4) is 5.75 Å². The maximum atomic E-state index is 5.88. The summed E-state index contributed by atoms with van der Waals surface area (Å²) in [5, 5.41) is 3.35. The highest BCUT2D eigenvalue weighted by atomic mass is 16.5. The lowest BCUT2D eigenvalue weighted by atomic mass is 10.0. The third-order valence-electron chi connectivity index (χ3n) is 4.80. The van der Waals surface area contributed by atoms with Crippen LogP contribution in [0.2, 0.25) is 0 Å². The third-order valence-corrected chi connectivity index (χ3v) is 4.80. The van der Waals surface area contributed by atoms with E-state index in [0.29, 0.717) is 18.8 Å². The predicted molar refractivity (Wildman–Crippen MR) is 135 cm³/mol. The van der Waals surface area contributed by atoms with Crippen molar-refractivity contribution >= 4 is 17.6 Å². The van der Waals surface area contributed by atoms with Gasteiger partial charge in [-0.1, -0.05) is 51.1 Å². The fourth-order valence-corrected chi connectivity index (χ4v) is 3.21. The maximum Gasteiger partial charge on any atom is 0.137 e. The second-order valence-corrected chi connectivity index (χ2v) is 7.69. The van der Waals surface area contributed by atoms with Gasteiger partial charge < -0.3 is 20.5 Å². The molecule has 6 heteroatoms. The summed E-state index contributed by atoms with van der Waals surface area (Å²) in [6.07, 6.45) is 7.05. The van der Waals surface area contributed by atoms with Gasteiger partial charge in [0, 0.05) is 37.4 Å². The van der Waals surface area contributed by atoms with Crippen LogP contribution in [-0.4, -0.2) is 49.3 Å². The molecule has 2 aromatic rings. The van der Waals surface area contributed by atoms with Gasteiger partial charge in [-0.3, -0.25) is 4.90 Å². The molecule has 1 aromatic carbocycles. The Bertz CT molecular complexity index is 843. The lowest BCUT2D eigenvalue weighted by molar-refractivity contribution is 0.0322. The Hall–Kier alpha value is -2.83. The van der Waals surface area contributed by atoms with Gasteiger partial charge in [0.1, 0.15) is 18.2 Å². The molecule has 1 fully saturated rings. The summed E-state index contributed by atoms with van der Waals surface area (Å²) in [5.41, 5.74) is 9.63. The molecule has 0 atom stereocenters. The number of ether oxygens (including phenoxy) is 2. The van der Waals surface area contributed by atoms with Gasteiger partial charge in [0.25, 0.3) is 0 Å². The topological polar surface area (TPSA) is 72.6 Å². The summed E-state index contributed by atoms with van der Waals surface area (Å²) in [7, 11) is 0. The first-order chi connectivity index (χ1) is 15.6. The van der Waals surface area contributed by atoms with E-state index in [1.54, 1.807) is 6.20 Å². The number of allylic oxidation sites excluding steroid dienone is 1. The summed E-state index contributed by atoms with van der Waals surface area (Å²) in [5.74, 6) is 1.59. The fourth-order valence-electron chi connectivity index (χ4n) is 3.21. The Kier molecular flexibility index (Phi) is 11.3. The lowest BCUT2D eigenvalue weighted by Crippen LogP contribution is -2.38. The van der Waals surface area contributed by atoms with Crippen molar-refractivity contribution in [1.29, 1.82) is 0 Å². The van der Waals surface area contributed by atoms with Crippen LogP contribution in [0.4, 0.5) is 5.82 Å². The predicted octanol–water partition coefficient (Wildman–Crippen LogP) is 4.78. The Morgan fingerprint density at radius 3 is 2.62 bits per heavy atom. The molecule has 174 valence electrons. The van der Waals surface area contributed by atoms with Crippen molar-refractivity contribution in [2.45, 2.75) is 33.7 Å². The van der Waals surface area contributed by atoms with Gasteiger partial charge in [0.2, 0.25) is 0 Å². The summed E-state index contributed by atoms with van der Waals surface area (Å²) in [6.45, 7) is 15.9. The Labute approximate surface area is 193 Å². The highest BCUT2D eigenvalue weighted by Gasteiger charge is 2.10. The van der Waals surface area contributed by atoms with Gasteiger partial charge in [-0.05, 0) is 36.2 Å². The molecule has 2 heterocycles. The zero-order valence-electron chi connectivity index (χ0n) is 19.8. The number of nitrogens with zero attached hydrogens (tertiary/aromatic N) is 2. The average Bonchev–Trinajstić information content (AvgIpc) is 2.80. The van der Waals surface area contributed by atoms with Crippen molar-refractivity contribution in [2.75, 3.05) is 44.8 Å². The molecule has 32 heavy (non-hydrogen) atoms. The molecule has 0 spiro atoms. The van der Waals surface area contributed by atoms with E-state index in [0.717, 1.165) is 61.1 Å². The van der Waals surface area contributed by atoms with Crippen LogP contribution in [0.15, 0.2) is 49.2 Å². The van der Waals surface area contributed by atoms with E-state index >= 15 is 0 Å². The molecule has 1 saturated heterocycles. The molecule has 3 N–H and O–H groups in total. The molecule has 1 aliphatic heterocycles. The third kappa shape index (κ3) is 8.73. The van der Waals surface area contributed by atoms with Crippen LogP contribution >= 0.6 is 0 Å². The number of hydrogen-bond acceptors (Lipinski definition) is 6. The number of morpholine rings is 1. The minimum Gasteiger partial charge on any atom is -0.491 e. The second-order valence-electron chi connectivity index (χ2n) is 7.69. The molecule has 1 aromatic heterocycles. The number of rotatable bonds is 9. The standard InChI is InChI=1S/C23H30N4O2.C3H8/c1-3-4-20-15-19(5-7-22(20)18(2)24)16-25-23-8-6-21(17-26-23)29-14-11-27-9-12-28-13-10-27;1-3-2/h3-8,15,17H,2,9-14,16,24H2,1H3,(H,25,26);3H2,1-2H3/b4-3-;. The maximum absolute atomic E-state index is 5.88. The first-order valence-corrected chi connectivity index (χ1v) is 11.4. The summed E-state index contributed by atoms with van der Waals surface area (Å²) >= 11 is 0. The zero-order chi connectivity index (χ0) is 23.2. The largest absolute Gasteiger partial charge is 0.491 e. The molecule has 0 bridgehead atoms. The van der Waals surface area contributed by atoms with Gasteiger partial charge in [-0.2, -0.15) is 0 Å². The summed E-state index contributed by atoms with van der Waals surface area (Å²) < 4.78 is 11.2. The van der Waals surface area contributed by atoms with Crippen LogP contribution < -0.4 is 15.8 Å². The Morgan fingerprint density at radius 2 is 2.00 bits per heavy atom. The van der Waals surface area contributed by atoms with Gasteiger partial charge in [-0.15, -0.1) is 0 Å². The van der Waals surface area contributed by atoms with E-state index in [1.807, 2.05) is 37.3 Å². The van der Waals surface area contributed by atoms with E-state index in [2.05, 4.69) is 47.8 Å². The van der Waals surface area contributed by atoms with Crippen LogP contribution in [0.5, 0.6) is 5.75 Å². The van der Waals surface area contributed by atoms with Crippen LogP contribution in [0.1, 0.15) is 43.9 Å². The molecule has 0 aliphatic carbocycles. The number of nitrogens with one attached hydrogen (secondary N) is 1. The fraction of sp³-hybridized carbons (Fsp3) is 0.423. The first-order valence-electron chi connectivity index (χ1n) is 11.4. The SMILES string of the molecule is C=C(N)c1ccc(CNc2ccc(OCCN3CCOCC3)cn2)cc1/C=C\C.CCC. The van der Waals surface area contributed by atoms with Crippen LogP contribution in [0.25, 0.3) is 11.8 Å². The van der Waals surface area contributed by atoms with Gasteiger partial charge >= 0.3 is 0 Å².